The van der Waals surface area contributed by atoms with Crippen molar-refractivity contribution in [1.82, 2.24) is 10.3 Å². The van der Waals surface area contributed by atoms with Gasteiger partial charge >= 0.3 is 6.18 Å². The second kappa shape index (κ2) is 10.4. The molecule has 1 N–H and O–H groups in total. The Bertz CT molecular complexity index is 1210. The van der Waals surface area contributed by atoms with E-state index in [2.05, 4.69) is 10.3 Å². The topological polar surface area (TPSA) is 42.0 Å². The van der Waals surface area contributed by atoms with Crippen LogP contribution in [0.1, 0.15) is 49.8 Å². The molecule has 1 heterocycles. The molecule has 0 saturated heterocycles. The minimum atomic E-state index is -4.55. The van der Waals surface area contributed by atoms with Gasteiger partial charge in [0, 0.05) is 16.8 Å². The standard InChI is InChI=1S/C26H23ClF4N2O/c1-15-10-18(4-6-22(15)25(34)33-14-21-13-20(27)8-9-32-21)5-7-23(26(29,30)31)19-11-16(2)24(28)17(3)12-19/h4-13,23H,14H2,1-3H3,(H,33,34)/b7-5+. The third-order valence-electron chi connectivity index (χ3n) is 5.36. The number of pyridine rings is 1. The van der Waals surface area contributed by atoms with E-state index < -0.39 is 17.9 Å². The van der Waals surface area contributed by atoms with Gasteiger partial charge in [-0.15, -0.1) is 0 Å². The van der Waals surface area contributed by atoms with E-state index in [9.17, 15) is 22.4 Å². The van der Waals surface area contributed by atoms with Crippen LogP contribution in [0.15, 0.2) is 54.7 Å². The summed E-state index contributed by atoms with van der Waals surface area (Å²) in [6.07, 6.45) is -0.600. The Labute approximate surface area is 200 Å². The van der Waals surface area contributed by atoms with Gasteiger partial charge in [-0.2, -0.15) is 13.2 Å². The lowest BCUT2D eigenvalue weighted by molar-refractivity contribution is -0.139. The van der Waals surface area contributed by atoms with Gasteiger partial charge in [-0.25, -0.2) is 4.39 Å². The minimum absolute atomic E-state index is 0.0255. The second-order valence-corrected chi connectivity index (χ2v) is 8.51. The maximum atomic E-state index is 13.9. The number of nitrogens with zero attached hydrogens (tertiary/aromatic N) is 1. The number of amides is 1. The molecule has 1 aromatic heterocycles. The fraction of sp³-hybridized carbons (Fsp3) is 0.231. The summed E-state index contributed by atoms with van der Waals surface area (Å²) in [5.74, 6) is -2.73. The van der Waals surface area contributed by atoms with Gasteiger partial charge in [0.1, 0.15) is 5.82 Å². The molecule has 3 nitrogen and oxygen atoms in total. The molecule has 178 valence electrons. The van der Waals surface area contributed by atoms with E-state index in [-0.39, 0.29) is 29.1 Å². The molecule has 34 heavy (non-hydrogen) atoms. The van der Waals surface area contributed by atoms with E-state index >= 15 is 0 Å². The first kappa shape index (κ1) is 25.4. The third kappa shape index (κ3) is 6.23. The quantitative estimate of drug-likeness (QED) is 0.375. The van der Waals surface area contributed by atoms with Gasteiger partial charge in [0.2, 0.25) is 0 Å². The van der Waals surface area contributed by atoms with Crippen LogP contribution in [0.4, 0.5) is 17.6 Å². The summed E-state index contributed by atoms with van der Waals surface area (Å²) >= 11 is 5.91. The Kier molecular flexibility index (Phi) is 7.77. The van der Waals surface area contributed by atoms with E-state index in [1.807, 2.05) is 0 Å². The number of carbonyl (C=O) groups excluding carboxylic acids is 1. The van der Waals surface area contributed by atoms with Crippen LogP contribution in [0.2, 0.25) is 5.02 Å². The lowest BCUT2D eigenvalue weighted by Gasteiger charge is -2.19. The number of rotatable bonds is 6. The largest absolute Gasteiger partial charge is 0.399 e. The van der Waals surface area contributed by atoms with Gasteiger partial charge in [0.15, 0.2) is 0 Å². The van der Waals surface area contributed by atoms with Crippen molar-refractivity contribution in [2.24, 2.45) is 0 Å². The SMILES string of the molecule is Cc1cc(/C=C/C(c2cc(C)c(F)c(C)c2)C(F)(F)F)ccc1C(=O)NCc1cc(Cl)ccn1. The van der Waals surface area contributed by atoms with Crippen molar-refractivity contribution in [3.05, 3.63) is 105 Å². The normalized spacial score (nSPS) is 12.7. The zero-order chi connectivity index (χ0) is 25.0. The maximum absolute atomic E-state index is 13.9. The van der Waals surface area contributed by atoms with Gasteiger partial charge in [-0.1, -0.05) is 48.0 Å². The highest BCUT2D eigenvalue weighted by molar-refractivity contribution is 6.30. The average Bonchev–Trinajstić information content (AvgIpc) is 2.75. The number of allylic oxidation sites excluding steroid dienone is 1. The number of aromatic nitrogens is 1. The molecule has 0 aliphatic carbocycles. The predicted molar refractivity (Wildman–Crippen MR) is 125 cm³/mol. The van der Waals surface area contributed by atoms with E-state index in [4.69, 9.17) is 11.6 Å². The molecule has 0 radical (unpaired) electrons. The molecule has 0 spiro atoms. The molecule has 0 fully saturated rings. The number of halogens is 5. The molecule has 0 saturated carbocycles. The van der Waals surface area contributed by atoms with Gasteiger partial charge in [0.05, 0.1) is 18.2 Å². The van der Waals surface area contributed by atoms with Crippen LogP contribution in [-0.2, 0) is 6.54 Å². The van der Waals surface area contributed by atoms with Crippen LogP contribution in [0.3, 0.4) is 0 Å². The predicted octanol–water partition coefficient (Wildman–Crippen LogP) is 7.09. The van der Waals surface area contributed by atoms with Crippen LogP contribution < -0.4 is 5.32 Å². The highest BCUT2D eigenvalue weighted by Gasteiger charge is 2.39. The van der Waals surface area contributed by atoms with Crippen LogP contribution >= 0.6 is 11.6 Å². The molecule has 1 amide bonds. The summed E-state index contributed by atoms with van der Waals surface area (Å²) < 4.78 is 55.2. The Hall–Kier alpha value is -3.19. The molecule has 3 aromatic rings. The first-order chi connectivity index (χ1) is 16.0. The van der Waals surface area contributed by atoms with Crippen molar-refractivity contribution in [2.75, 3.05) is 0 Å². The van der Waals surface area contributed by atoms with E-state index in [0.717, 1.165) is 6.08 Å². The Morgan fingerprint density at radius 1 is 1.06 bits per heavy atom. The fourth-order valence-corrected chi connectivity index (χ4v) is 3.81. The van der Waals surface area contributed by atoms with Gasteiger partial charge < -0.3 is 5.32 Å². The van der Waals surface area contributed by atoms with Crippen LogP contribution in [-0.4, -0.2) is 17.1 Å². The number of hydrogen-bond donors (Lipinski definition) is 1. The first-order valence-electron chi connectivity index (χ1n) is 10.5. The van der Waals surface area contributed by atoms with E-state index in [1.54, 1.807) is 43.5 Å². The summed E-state index contributed by atoms with van der Waals surface area (Å²) in [6.45, 7) is 4.78. The van der Waals surface area contributed by atoms with Gasteiger partial charge in [-0.3, -0.25) is 9.78 Å². The molecule has 8 heteroatoms. The van der Waals surface area contributed by atoms with Crippen LogP contribution in [0.5, 0.6) is 0 Å². The lowest BCUT2D eigenvalue weighted by Crippen LogP contribution is -2.24. The third-order valence-corrected chi connectivity index (χ3v) is 5.59. The molecule has 0 aliphatic heterocycles. The number of carbonyl (C=O) groups is 1. The molecule has 0 bridgehead atoms. The van der Waals surface area contributed by atoms with Crippen LogP contribution in [0, 0.1) is 26.6 Å². The lowest BCUT2D eigenvalue weighted by atomic mass is 9.93. The number of alkyl halides is 3. The maximum Gasteiger partial charge on any atom is 0.399 e. The molecule has 2 aromatic carbocycles. The Balaban J connectivity index is 1.78. The first-order valence-corrected chi connectivity index (χ1v) is 10.8. The summed E-state index contributed by atoms with van der Waals surface area (Å²) in [4.78, 5) is 16.7. The smallest absolute Gasteiger partial charge is 0.346 e. The summed E-state index contributed by atoms with van der Waals surface area (Å²) in [7, 11) is 0. The number of hydrogen-bond acceptors (Lipinski definition) is 2. The van der Waals surface area contributed by atoms with Crippen molar-refractivity contribution < 1.29 is 22.4 Å². The van der Waals surface area contributed by atoms with Gasteiger partial charge in [0.25, 0.3) is 5.91 Å². The zero-order valence-corrected chi connectivity index (χ0v) is 19.6. The number of nitrogens with one attached hydrogen (secondary N) is 1. The fourth-order valence-electron chi connectivity index (χ4n) is 3.63. The molecule has 0 aliphatic rings. The average molecular weight is 491 g/mol. The van der Waals surface area contributed by atoms with Crippen molar-refractivity contribution in [2.45, 2.75) is 39.4 Å². The van der Waals surface area contributed by atoms with Crippen molar-refractivity contribution in [3.8, 4) is 0 Å². The molecular formula is C26H23ClF4N2O. The number of benzene rings is 2. The van der Waals surface area contributed by atoms with Gasteiger partial charge in [-0.05, 0) is 66.8 Å². The molecular weight excluding hydrogens is 468 g/mol. The highest BCUT2D eigenvalue weighted by Crippen LogP contribution is 2.37. The summed E-state index contributed by atoms with van der Waals surface area (Å²) in [6, 6.07) is 10.5. The summed E-state index contributed by atoms with van der Waals surface area (Å²) in [5.41, 5.74) is 2.42. The Morgan fingerprint density at radius 2 is 1.74 bits per heavy atom. The van der Waals surface area contributed by atoms with E-state index in [1.165, 1.54) is 32.1 Å². The molecule has 3 rings (SSSR count). The molecule has 1 atom stereocenters. The number of aryl methyl sites for hydroxylation is 3. The van der Waals surface area contributed by atoms with E-state index in [0.29, 0.717) is 27.4 Å². The summed E-state index contributed by atoms with van der Waals surface area (Å²) in [5, 5.41) is 3.26. The van der Waals surface area contributed by atoms with Crippen molar-refractivity contribution >= 4 is 23.6 Å². The highest BCUT2D eigenvalue weighted by atomic mass is 35.5. The molecule has 1 unspecified atom stereocenters. The minimum Gasteiger partial charge on any atom is -0.346 e. The Morgan fingerprint density at radius 3 is 2.32 bits per heavy atom. The second-order valence-electron chi connectivity index (χ2n) is 8.07. The van der Waals surface area contributed by atoms with Crippen LogP contribution in [0.25, 0.3) is 6.08 Å². The van der Waals surface area contributed by atoms with Crippen molar-refractivity contribution in [3.63, 3.8) is 0 Å². The van der Waals surface area contributed by atoms with Crippen molar-refractivity contribution in [1.29, 1.82) is 0 Å². The zero-order valence-electron chi connectivity index (χ0n) is 18.8. The monoisotopic (exact) mass is 490 g/mol.